The van der Waals surface area contributed by atoms with Gasteiger partial charge in [-0.2, -0.15) is 0 Å². The zero-order valence-corrected chi connectivity index (χ0v) is 16.0. The summed E-state index contributed by atoms with van der Waals surface area (Å²) in [5.41, 5.74) is 0.426. The van der Waals surface area contributed by atoms with Crippen molar-refractivity contribution >= 4 is 11.7 Å². The summed E-state index contributed by atoms with van der Waals surface area (Å²) in [6.07, 6.45) is 7.98. The first-order chi connectivity index (χ1) is 13.1. The number of halogens is 1. The molecule has 1 unspecified atom stereocenters. The number of piperidine rings is 2. The first kappa shape index (κ1) is 18.7. The maximum absolute atomic E-state index is 13.3. The van der Waals surface area contributed by atoms with Crippen LogP contribution >= 0.6 is 0 Å². The van der Waals surface area contributed by atoms with Gasteiger partial charge in [0, 0.05) is 31.4 Å². The van der Waals surface area contributed by atoms with Crippen molar-refractivity contribution in [3.05, 3.63) is 30.1 Å². The second-order valence-electron chi connectivity index (χ2n) is 8.20. The lowest BCUT2D eigenvalue weighted by molar-refractivity contribution is -0.130. The predicted molar refractivity (Wildman–Crippen MR) is 103 cm³/mol. The predicted octanol–water partition coefficient (Wildman–Crippen LogP) is 3.86. The Morgan fingerprint density at radius 1 is 1.15 bits per heavy atom. The van der Waals surface area contributed by atoms with Gasteiger partial charge in [-0.05, 0) is 69.8 Å². The molecule has 3 heterocycles. The molecular weight excluding hydrogens is 345 g/mol. The molecule has 5 nitrogen and oxygen atoms in total. The minimum absolute atomic E-state index is 0.0734. The van der Waals surface area contributed by atoms with E-state index in [9.17, 15) is 9.18 Å². The van der Waals surface area contributed by atoms with Crippen LogP contribution in [0.2, 0.25) is 0 Å². The third kappa shape index (κ3) is 4.43. The molecule has 6 heteroatoms. The summed E-state index contributed by atoms with van der Waals surface area (Å²) in [6.45, 7) is 4.66. The van der Waals surface area contributed by atoms with Gasteiger partial charge < -0.3 is 19.9 Å². The van der Waals surface area contributed by atoms with E-state index in [4.69, 9.17) is 4.74 Å². The average Bonchev–Trinajstić information content (AvgIpc) is 2.69. The zero-order chi connectivity index (χ0) is 18.7. The standard InChI is InChI=1S/C21H30FN3O2/c22-17-5-4-6-18(15-17)23-20(26)25-12-8-21(9-13-25)16-19(7-14-27-21)24-10-2-1-3-11-24/h4-6,15,19H,1-3,7-14,16H2,(H,23,26). The van der Waals surface area contributed by atoms with Crippen LogP contribution in [-0.2, 0) is 4.74 Å². The summed E-state index contributed by atoms with van der Waals surface area (Å²) in [7, 11) is 0. The molecule has 27 heavy (non-hydrogen) atoms. The number of nitrogens with zero attached hydrogens (tertiary/aromatic N) is 2. The number of amides is 2. The Labute approximate surface area is 160 Å². The minimum atomic E-state index is -0.343. The van der Waals surface area contributed by atoms with Crippen LogP contribution < -0.4 is 5.32 Å². The van der Waals surface area contributed by atoms with Gasteiger partial charge in [-0.3, -0.25) is 0 Å². The summed E-state index contributed by atoms with van der Waals surface area (Å²) in [5, 5.41) is 2.80. The highest BCUT2D eigenvalue weighted by Crippen LogP contribution is 2.37. The third-order valence-corrected chi connectivity index (χ3v) is 6.41. The molecule has 3 aliphatic heterocycles. The quantitative estimate of drug-likeness (QED) is 0.854. The van der Waals surface area contributed by atoms with E-state index >= 15 is 0 Å². The van der Waals surface area contributed by atoms with Crippen molar-refractivity contribution in [2.45, 2.75) is 56.6 Å². The van der Waals surface area contributed by atoms with E-state index in [2.05, 4.69) is 10.2 Å². The number of carbonyl (C=O) groups excluding carboxylic acids is 1. The molecule has 2 amide bonds. The highest BCUT2D eigenvalue weighted by Gasteiger charge is 2.42. The lowest BCUT2D eigenvalue weighted by Gasteiger charge is -2.49. The van der Waals surface area contributed by atoms with Crippen molar-refractivity contribution in [1.29, 1.82) is 0 Å². The Balaban J connectivity index is 1.31. The molecule has 148 valence electrons. The summed E-state index contributed by atoms with van der Waals surface area (Å²) >= 11 is 0. The number of hydrogen-bond donors (Lipinski definition) is 1. The van der Waals surface area contributed by atoms with Gasteiger partial charge in [0.05, 0.1) is 5.60 Å². The van der Waals surface area contributed by atoms with Crippen molar-refractivity contribution in [2.75, 3.05) is 38.1 Å². The van der Waals surface area contributed by atoms with Crippen molar-refractivity contribution < 1.29 is 13.9 Å². The van der Waals surface area contributed by atoms with Crippen LogP contribution in [0.3, 0.4) is 0 Å². The fourth-order valence-electron chi connectivity index (χ4n) is 4.83. The van der Waals surface area contributed by atoms with Crippen molar-refractivity contribution in [1.82, 2.24) is 9.80 Å². The largest absolute Gasteiger partial charge is 0.375 e. The molecule has 0 aromatic heterocycles. The number of urea groups is 1. The topological polar surface area (TPSA) is 44.8 Å². The molecule has 1 aromatic carbocycles. The van der Waals surface area contributed by atoms with E-state index < -0.39 is 0 Å². The van der Waals surface area contributed by atoms with Gasteiger partial charge in [-0.15, -0.1) is 0 Å². The maximum Gasteiger partial charge on any atom is 0.321 e. The second-order valence-corrected chi connectivity index (χ2v) is 8.20. The summed E-state index contributed by atoms with van der Waals surface area (Å²) in [5.74, 6) is -0.343. The SMILES string of the molecule is O=C(Nc1cccc(F)c1)N1CCC2(CC1)CC(N1CCCCC1)CCO2. The fraction of sp³-hybridized carbons (Fsp3) is 0.667. The molecule has 0 radical (unpaired) electrons. The van der Waals surface area contributed by atoms with Gasteiger partial charge in [0.2, 0.25) is 0 Å². The Morgan fingerprint density at radius 2 is 1.93 bits per heavy atom. The normalized spacial score (nSPS) is 26.1. The maximum atomic E-state index is 13.3. The highest BCUT2D eigenvalue weighted by molar-refractivity contribution is 5.89. The van der Waals surface area contributed by atoms with E-state index in [0.29, 0.717) is 24.8 Å². The summed E-state index contributed by atoms with van der Waals surface area (Å²) in [4.78, 5) is 17.0. The number of anilines is 1. The van der Waals surface area contributed by atoms with Crippen LogP contribution in [0.5, 0.6) is 0 Å². The van der Waals surface area contributed by atoms with Gasteiger partial charge in [0.15, 0.2) is 0 Å². The van der Waals surface area contributed by atoms with E-state index in [-0.39, 0.29) is 17.4 Å². The minimum Gasteiger partial charge on any atom is -0.375 e. The Hall–Kier alpha value is -1.66. The molecule has 1 aromatic rings. The number of hydrogen-bond acceptors (Lipinski definition) is 3. The molecule has 1 spiro atoms. The first-order valence-electron chi connectivity index (χ1n) is 10.3. The number of likely N-dealkylation sites (tertiary alicyclic amines) is 2. The molecule has 3 aliphatic rings. The Bertz CT molecular complexity index is 655. The van der Waals surface area contributed by atoms with E-state index in [1.807, 2.05) is 4.90 Å². The lowest BCUT2D eigenvalue weighted by Crippen LogP contribution is -2.55. The number of rotatable bonds is 2. The van der Waals surface area contributed by atoms with Gasteiger partial charge in [-0.1, -0.05) is 12.5 Å². The lowest BCUT2D eigenvalue weighted by atomic mass is 9.81. The molecule has 0 aliphatic carbocycles. The van der Waals surface area contributed by atoms with Crippen LogP contribution in [0.25, 0.3) is 0 Å². The molecule has 0 saturated carbocycles. The molecule has 1 N–H and O–H groups in total. The van der Waals surface area contributed by atoms with Crippen LogP contribution in [0.15, 0.2) is 24.3 Å². The third-order valence-electron chi connectivity index (χ3n) is 6.41. The van der Waals surface area contributed by atoms with E-state index in [1.165, 1.54) is 44.5 Å². The van der Waals surface area contributed by atoms with Crippen molar-refractivity contribution in [2.24, 2.45) is 0 Å². The molecule has 4 rings (SSSR count). The monoisotopic (exact) mass is 375 g/mol. The fourth-order valence-corrected chi connectivity index (χ4v) is 4.83. The number of ether oxygens (including phenoxy) is 1. The molecule has 1 atom stereocenters. The Morgan fingerprint density at radius 3 is 2.67 bits per heavy atom. The highest BCUT2D eigenvalue weighted by atomic mass is 19.1. The van der Waals surface area contributed by atoms with Crippen LogP contribution in [0.1, 0.15) is 44.9 Å². The molecule has 0 bridgehead atoms. The van der Waals surface area contributed by atoms with Gasteiger partial charge in [-0.25, -0.2) is 9.18 Å². The number of benzene rings is 1. The van der Waals surface area contributed by atoms with E-state index in [1.54, 1.807) is 12.1 Å². The van der Waals surface area contributed by atoms with Crippen LogP contribution in [-0.4, -0.2) is 60.3 Å². The summed E-state index contributed by atoms with van der Waals surface area (Å²) in [6, 6.07) is 6.51. The van der Waals surface area contributed by atoms with Crippen LogP contribution in [0.4, 0.5) is 14.9 Å². The Kier molecular flexibility index (Phi) is 5.64. The second kappa shape index (κ2) is 8.15. The van der Waals surface area contributed by atoms with Gasteiger partial charge in [0.25, 0.3) is 0 Å². The average molecular weight is 375 g/mol. The van der Waals surface area contributed by atoms with Gasteiger partial charge in [0.1, 0.15) is 5.82 Å². The van der Waals surface area contributed by atoms with E-state index in [0.717, 1.165) is 32.3 Å². The molecular formula is C21H30FN3O2. The van der Waals surface area contributed by atoms with Crippen LogP contribution in [0, 0.1) is 5.82 Å². The number of nitrogens with one attached hydrogen (secondary N) is 1. The van der Waals surface area contributed by atoms with Gasteiger partial charge >= 0.3 is 6.03 Å². The molecule has 3 fully saturated rings. The first-order valence-corrected chi connectivity index (χ1v) is 10.3. The smallest absolute Gasteiger partial charge is 0.321 e. The van der Waals surface area contributed by atoms with Crippen molar-refractivity contribution in [3.63, 3.8) is 0 Å². The number of carbonyl (C=O) groups is 1. The van der Waals surface area contributed by atoms with Crippen molar-refractivity contribution in [3.8, 4) is 0 Å². The zero-order valence-electron chi connectivity index (χ0n) is 16.0. The molecule has 3 saturated heterocycles. The summed E-state index contributed by atoms with van der Waals surface area (Å²) < 4.78 is 19.6.